The summed E-state index contributed by atoms with van der Waals surface area (Å²) in [5, 5.41) is 5.57. The van der Waals surface area contributed by atoms with E-state index in [9.17, 15) is 27.6 Å². The van der Waals surface area contributed by atoms with Crippen molar-refractivity contribution < 1.29 is 45.9 Å². The first-order valence-corrected chi connectivity index (χ1v) is 20.9. The minimum Gasteiger partial charge on any atom is -0.497 e. The molecule has 3 N–H and O–H groups in total. The number of furan rings is 1. The lowest BCUT2D eigenvalue weighted by Gasteiger charge is -2.29. The number of sulfonamides is 1. The Hall–Kier alpha value is -5.51. The molecule has 0 spiro atoms. The summed E-state index contributed by atoms with van der Waals surface area (Å²) >= 11 is 0. The molecule has 14 nitrogen and oxygen atoms in total. The van der Waals surface area contributed by atoms with Gasteiger partial charge in [0.05, 0.1) is 30.0 Å². The number of amides is 4. The second-order valence-electron chi connectivity index (χ2n) is 15.4. The number of allylic oxidation sites excluding steroid dienone is 1. The number of carbonyl (C=O) groups is 4. The van der Waals surface area contributed by atoms with Gasteiger partial charge in [0, 0.05) is 30.9 Å². The molecule has 2 saturated carbocycles. The van der Waals surface area contributed by atoms with Crippen LogP contribution < -0.4 is 24.8 Å². The van der Waals surface area contributed by atoms with Crippen molar-refractivity contribution in [1.82, 2.24) is 25.2 Å². The number of carbonyl (C=O) groups excluding carboxylic acids is 4. The van der Waals surface area contributed by atoms with Gasteiger partial charge in [0.25, 0.3) is 5.91 Å². The van der Waals surface area contributed by atoms with Crippen molar-refractivity contribution >= 4 is 55.7 Å². The van der Waals surface area contributed by atoms with Crippen molar-refractivity contribution in [2.45, 2.75) is 93.7 Å². The van der Waals surface area contributed by atoms with Crippen molar-refractivity contribution in [1.29, 1.82) is 0 Å². The summed E-state index contributed by atoms with van der Waals surface area (Å²) in [5.74, 6) is -2.60. The summed E-state index contributed by atoms with van der Waals surface area (Å²) in [4.78, 5) is 61.1. The standard InChI is InChI=1S/C41H44FN5O9S/c1-23(48)43-31-13-7-5-3-4-6-10-24-21-41(24,40(51)46-57(52,53)27-15-16-27)45-38(49)33-19-26(22-47(33)39(31)50)55-35-20-32(28-11-8-9-12-30(28)42)44-36-29-18-25(54-2)14-17-34(29)56-37(35)36/h6,8-12,14,17-18,20,24,26-27,31,33H,3-5,7,13,15-16,19,21-22H2,1-2H3,(H,43,48)(H,45,49)(H,46,51)/b10-6-/t24-,26-,31+,33+,41-/m1/s1. The first-order chi connectivity index (χ1) is 27.4. The number of aromatic nitrogens is 1. The van der Waals surface area contributed by atoms with Gasteiger partial charge in [0.1, 0.15) is 46.4 Å². The molecule has 0 bridgehead atoms. The van der Waals surface area contributed by atoms with Crippen LogP contribution in [0.25, 0.3) is 33.3 Å². The first-order valence-electron chi connectivity index (χ1n) is 19.3. The highest BCUT2D eigenvalue weighted by molar-refractivity contribution is 7.91. The Morgan fingerprint density at radius 2 is 1.88 bits per heavy atom. The van der Waals surface area contributed by atoms with Gasteiger partial charge in [-0.25, -0.2) is 17.8 Å². The van der Waals surface area contributed by atoms with Crippen LogP contribution in [-0.2, 0) is 29.2 Å². The predicted molar refractivity (Wildman–Crippen MR) is 207 cm³/mol. The highest BCUT2D eigenvalue weighted by Crippen LogP contribution is 2.46. The van der Waals surface area contributed by atoms with E-state index in [1.54, 1.807) is 42.5 Å². The number of rotatable bonds is 8. The zero-order chi connectivity index (χ0) is 40.1. The van der Waals surface area contributed by atoms with Crippen LogP contribution in [-0.4, -0.2) is 84.6 Å². The van der Waals surface area contributed by atoms with Gasteiger partial charge >= 0.3 is 0 Å². The van der Waals surface area contributed by atoms with Gasteiger partial charge in [-0.1, -0.05) is 37.1 Å². The van der Waals surface area contributed by atoms with Crippen molar-refractivity contribution in [3.63, 3.8) is 0 Å². The van der Waals surface area contributed by atoms with E-state index in [-0.39, 0.29) is 42.0 Å². The molecule has 4 heterocycles. The van der Waals surface area contributed by atoms with Gasteiger partial charge in [0.15, 0.2) is 11.3 Å². The number of halogens is 1. The van der Waals surface area contributed by atoms with Crippen LogP contribution in [0.1, 0.15) is 64.7 Å². The third-order valence-corrected chi connectivity index (χ3v) is 13.1. The molecule has 2 aromatic carbocycles. The molecule has 0 radical (unpaired) electrons. The molecule has 300 valence electrons. The van der Waals surface area contributed by atoms with E-state index in [0.717, 1.165) is 12.8 Å². The van der Waals surface area contributed by atoms with Crippen molar-refractivity contribution in [3.05, 3.63) is 66.5 Å². The number of methoxy groups -OCH3 is 1. The molecule has 8 rings (SSSR count). The Morgan fingerprint density at radius 1 is 1.07 bits per heavy atom. The van der Waals surface area contributed by atoms with Gasteiger partial charge in [-0.2, -0.15) is 0 Å². The molecule has 16 heteroatoms. The average molecular weight is 802 g/mol. The van der Waals surface area contributed by atoms with E-state index >= 15 is 4.39 Å². The summed E-state index contributed by atoms with van der Waals surface area (Å²) in [6.07, 6.45) is 7.23. The Labute approximate surface area is 328 Å². The number of benzene rings is 2. The van der Waals surface area contributed by atoms with E-state index in [0.29, 0.717) is 54.3 Å². The fourth-order valence-electron chi connectivity index (χ4n) is 7.98. The fraction of sp³-hybridized carbons (Fsp3) is 0.439. The molecule has 1 saturated heterocycles. The Kier molecular flexibility index (Phi) is 10.2. The number of nitrogens with zero attached hydrogens (tertiary/aromatic N) is 2. The Balaban J connectivity index is 1.16. The number of nitrogens with one attached hydrogen (secondary N) is 3. The molecule has 2 aromatic heterocycles. The van der Waals surface area contributed by atoms with Crippen LogP contribution in [0, 0.1) is 11.7 Å². The largest absolute Gasteiger partial charge is 0.497 e. The zero-order valence-corrected chi connectivity index (χ0v) is 32.4. The SMILES string of the molecule is COc1ccc2oc3c(O[C@@H]4C[C@H]5C(=O)N[C@]6(C(=O)NS(=O)(=O)C7CC7)C[C@H]6/C=C\CCCCC[C@H](NC(C)=O)C(=O)N5C4)cc(-c4ccccc4F)nc3c2c1. The highest BCUT2D eigenvalue weighted by Gasteiger charge is 2.62. The van der Waals surface area contributed by atoms with E-state index in [4.69, 9.17) is 18.9 Å². The van der Waals surface area contributed by atoms with Crippen LogP contribution in [0.4, 0.5) is 4.39 Å². The topological polar surface area (TPSA) is 186 Å². The van der Waals surface area contributed by atoms with Crippen LogP contribution in [0.15, 0.2) is 65.1 Å². The molecule has 0 unspecified atom stereocenters. The highest BCUT2D eigenvalue weighted by atomic mass is 32.2. The van der Waals surface area contributed by atoms with Gasteiger partial charge < -0.3 is 29.4 Å². The maximum Gasteiger partial charge on any atom is 0.259 e. The lowest BCUT2D eigenvalue weighted by atomic mass is 10.0. The number of pyridine rings is 1. The van der Waals surface area contributed by atoms with Crippen LogP contribution in [0.5, 0.6) is 11.5 Å². The van der Waals surface area contributed by atoms with E-state index in [1.165, 1.54) is 25.0 Å². The molecule has 2 aliphatic heterocycles. The maximum absolute atomic E-state index is 15.2. The summed E-state index contributed by atoms with van der Waals surface area (Å²) in [6.45, 7) is 1.24. The monoisotopic (exact) mass is 801 g/mol. The summed E-state index contributed by atoms with van der Waals surface area (Å²) < 4.78 is 61.5. The predicted octanol–water partition coefficient (Wildman–Crippen LogP) is 4.65. The first kappa shape index (κ1) is 38.4. The van der Waals surface area contributed by atoms with E-state index in [1.807, 2.05) is 12.2 Å². The second-order valence-corrected chi connectivity index (χ2v) is 17.3. The van der Waals surface area contributed by atoms with Crippen molar-refractivity contribution in [3.8, 4) is 22.8 Å². The number of hydrogen-bond acceptors (Lipinski definition) is 10. The number of fused-ring (bicyclic) bond motifs is 5. The Bertz CT molecular complexity index is 2410. The van der Waals surface area contributed by atoms with Gasteiger partial charge in [-0.3, -0.25) is 23.9 Å². The molecule has 4 aliphatic rings. The number of ether oxygens (including phenoxy) is 2. The normalized spacial score (nSPS) is 26.1. The molecule has 4 amide bonds. The molecular formula is C41H44FN5O9S. The Morgan fingerprint density at radius 3 is 2.63 bits per heavy atom. The maximum atomic E-state index is 15.2. The summed E-state index contributed by atoms with van der Waals surface area (Å²) in [6, 6.07) is 10.8. The molecule has 57 heavy (non-hydrogen) atoms. The molecule has 5 atom stereocenters. The summed E-state index contributed by atoms with van der Waals surface area (Å²) in [5.41, 5.74) is 0.0514. The van der Waals surface area contributed by atoms with E-state index < -0.39 is 74.4 Å². The van der Waals surface area contributed by atoms with Crippen LogP contribution in [0.3, 0.4) is 0 Å². The third kappa shape index (κ3) is 7.66. The molecule has 4 aromatic rings. The number of hydrogen-bond donors (Lipinski definition) is 3. The van der Waals surface area contributed by atoms with E-state index in [2.05, 4.69) is 15.4 Å². The summed E-state index contributed by atoms with van der Waals surface area (Å²) in [7, 11) is -2.39. The van der Waals surface area contributed by atoms with Crippen LogP contribution >= 0.6 is 0 Å². The smallest absolute Gasteiger partial charge is 0.259 e. The zero-order valence-electron chi connectivity index (χ0n) is 31.6. The minimum atomic E-state index is -3.92. The molecule has 3 fully saturated rings. The third-order valence-electron chi connectivity index (χ3n) is 11.3. The lowest BCUT2D eigenvalue weighted by molar-refractivity contribution is -0.142. The molecule has 2 aliphatic carbocycles. The van der Waals surface area contributed by atoms with Gasteiger partial charge in [-0.05, 0) is 68.9 Å². The molecular weight excluding hydrogens is 758 g/mol. The lowest BCUT2D eigenvalue weighted by Crippen LogP contribution is -2.58. The van der Waals surface area contributed by atoms with Gasteiger partial charge in [0.2, 0.25) is 27.7 Å². The van der Waals surface area contributed by atoms with Gasteiger partial charge in [-0.15, -0.1) is 0 Å². The van der Waals surface area contributed by atoms with Crippen LogP contribution in [0.2, 0.25) is 0 Å². The van der Waals surface area contributed by atoms with Crippen molar-refractivity contribution in [2.75, 3.05) is 13.7 Å². The minimum absolute atomic E-state index is 0.0319. The van der Waals surface area contributed by atoms with Crippen molar-refractivity contribution in [2.24, 2.45) is 5.92 Å². The quantitative estimate of drug-likeness (QED) is 0.212. The average Bonchev–Trinajstić information content (AvgIpc) is 4.08. The fourth-order valence-corrected chi connectivity index (χ4v) is 9.34. The second kappa shape index (κ2) is 15.1.